The fourth-order valence-corrected chi connectivity index (χ4v) is 1.57. The van der Waals surface area contributed by atoms with E-state index in [9.17, 15) is 14.4 Å². The molecule has 0 radical (unpaired) electrons. The molecule has 1 aromatic carbocycles. The summed E-state index contributed by atoms with van der Waals surface area (Å²) in [5.41, 5.74) is 4.99. The van der Waals surface area contributed by atoms with Gasteiger partial charge in [-0.05, 0) is 32.0 Å². The monoisotopic (exact) mass is 310 g/mol. The minimum atomic E-state index is -1.17. The average molecular weight is 310 g/mol. The molecule has 1 aromatic rings. The SMILES string of the molecule is CCOc1ccc(C(=O)OC(C)C(=O)NC(N)=O)cc1OC. The number of benzene rings is 1. The van der Waals surface area contributed by atoms with Crippen molar-refractivity contribution >= 4 is 17.9 Å². The quantitative estimate of drug-likeness (QED) is 0.752. The zero-order valence-corrected chi connectivity index (χ0v) is 12.5. The lowest BCUT2D eigenvalue weighted by molar-refractivity contribution is -0.127. The first kappa shape index (κ1) is 17.3. The molecule has 120 valence electrons. The van der Waals surface area contributed by atoms with Crippen molar-refractivity contribution in [3.8, 4) is 11.5 Å². The number of primary amides is 1. The van der Waals surface area contributed by atoms with Crippen LogP contribution < -0.4 is 20.5 Å². The Bertz CT molecular complexity index is 572. The number of carbonyl (C=O) groups excluding carboxylic acids is 3. The molecule has 1 rings (SSSR count). The molecule has 8 nitrogen and oxygen atoms in total. The second-order valence-corrected chi connectivity index (χ2v) is 4.20. The molecule has 3 N–H and O–H groups in total. The normalized spacial score (nSPS) is 11.2. The topological polar surface area (TPSA) is 117 Å². The Kier molecular flexibility index (Phi) is 6.18. The summed E-state index contributed by atoms with van der Waals surface area (Å²) in [4.78, 5) is 34.0. The van der Waals surface area contributed by atoms with Crippen molar-refractivity contribution in [2.24, 2.45) is 5.73 Å². The van der Waals surface area contributed by atoms with Crippen molar-refractivity contribution in [3.63, 3.8) is 0 Å². The molecule has 0 aliphatic rings. The standard InChI is InChI=1S/C14H18N2O6/c1-4-21-10-6-5-9(7-11(10)20-3)13(18)22-8(2)12(17)16-14(15)19/h5-8H,4H2,1-3H3,(H3,15,16,17,19). The van der Waals surface area contributed by atoms with E-state index in [1.807, 2.05) is 12.2 Å². The molecule has 1 unspecified atom stereocenters. The molecule has 0 saturated heterocycles. The van der Waals surface area contributed by atoms with Crippen LogP contribution in [0.5, 0.6) is 11.5 Å². The van der Waals surface area contributed by atoms with Crippen molar-refractivity contribution in [1.82, 2.24) is 5.32 Å². The van der Waals surface area contributed by atoms with Gasteiger partial charge in [0, 0.05) is 0 Å². The van der Waals surface area contributed by atoms with Gasteiger partial charge in [0.15, 0.2) is 17.6 Å². The Morgan fingerprint density at radius 3 is 2.50 bits per heavy atom. The van der Waals surface area contributed by atoms with Crippen LogP contribution >= 0.6 is 0 Å². The van der Waals surface area contributed by atoms with E-state index in [4.69, 9.17) is 19.9 Å². The minimum Gasteiger partial charge on any atom is -0.493 e. The summed E-state index contributed by atoms with van der Waals surface area (Å²) in [6.07, 6.45) is -1.17. The van der Waals surface area contributed by atoms with Gasteiger partial charge in [0.1, 0.15) is 0 Å². The van der Waals surface area contributed by atoms with Gasteiger partial charge in [-0.15, -0.1) is 0 Å². The molecule has 0 saturated carbocycles. The summed E-state index contributed by atoms with van der Waals surface area (Å²) in [5, 5.41) is 1.83. The minimum absolute atomic E-state index is 0.180. The molecule has 0 spiro atoms. The Morgan fingerprint density at radius 2 is 1.95 bits per heavy atom. The van der Waals surface area contributed by atoms with Gasteiger partial charge in [-0.3, -0.25) is 10.1 Å². The van der Waals surface area contributed by atoms with Gasteiger partial charge in [-0.2, -0.15) is 0 Å². The number of hydrogen-bond donors (Lipinski definition) is 2. The summed E-state index contributed by atoms with van der Waals surface area (Å²) >= 11 is 0. The van der Waals surface area contributed by atoms with Crippen LogP contribution in [0.15, 0.2) is 18.2 Å². The Morgan fingerprint density at radius 1 is 1.27 bits per heavy atom. The predicted octanol–water partition coefficient (Wildman–Crippen LogP) is 0.834. The number of carbonyl (C=O) groups is 3. The van der Waals surface area contributed by atoms with Crippen LogP contribution in [0.1, 0.15) is 24.2 Å². The highest BCUT2D eigenvalue weighted by atomic mass is 16.5. The molecule has 0 bridgehead atoms. The fraction of sp³-hybridized carbons (Fsp3) is 0.357. The number of amides is 3. The Balaban J connectivity index is 2.81. The zero-order valence-electron chi connectivity index (χ0n) is 12.5. The Labute approximate surface area is 127 Å². The highest BCUT2D eigenvalue weighted by Crippen LogP contribution is 2.28. The van der Waals surface area contributed by atoms with E-state index in [1.165, 1.54) is 26.2 Å². The van der Waals surface area contributed by atoms with E-state index in [-0.39, 0.29) is 5.56 Å². The van der Waals surface area contributed by atoms with Gasteiger partial charge in [-0.1, -0.05) is 0 Å². The van der Waals surface area contributed by atoms with E-state index in [2.05, 4.69) is 0 Å². The largest absolute Gasteiger partial charge is 0.493 e. The molecule has 1 atom stereocenters. The molecule has 3 amide bonds. The first-order chi connectivity index (χ1) is 10.4. The third-order valence-corrected chi connectivity index (χ3v) is 2.60. The van der Waals surface area contributed by atoms with E-state index < -0.39 is 24.0 Å². The number of nitrogens with two attached hydrogens (primary N) is 1. The summed E-state index contributed by atoms with van der Waals surface area (Å²) in [6, 6.07) is 3.46. The summed E-state index contributed by atoms with van der Waals surface area (Å²) in [5.74, 6) is -0.696. The average Bonchev–Trinajstić information content (AvgIpc) is 2.47. The van der Waals surface area contributed by atoms with Crippen LogP contribution in [0.25, 0.3) is 0 Å². The highest BCUT2D eigenvalue weighted by Gasteiger charge is 2.21. The number of ether oxygens (including phenoxy) is 3. The lowest BCUT2D eigenvalue weighted by atomic mass is 10.2. The van der Waals surface area contributed by atoms with Crippen molar-refractivity contribution < 1.29 is 28.6 Å². The van der Waals surface area contributed by atoms with Crippen molar-refractivity contribution in [2.45, 2.75) is 20.0 Å². The fourth-order valence-electron chi connectivity index (χ4n) is 1.57. The number of hydrogen-bond acceptors (Lipinski definition) is 6. The second kappa shape index (κ2) is 7.87. The van der Waals surface area contributed by atoms with Crippen LogP contribution in [-0.2, 0) is 9.53 Å². The lowest BCUT2D eigenvalue weighted by Crippen LogP contribution is -2.42. The first-order valence-corrected chi connectivity index (χ1v) is 6.51. The molecule has 0 fully saturated rings. The van der Waals surface area contributed by atoms with Crippen LogP contribution in [-0.4, -0.2) is 37.7 Å². The van der Waals surface area contributed by atoms with Crippen LogP contribution in [0.4, 0.5) is 4.79 Å². The van der Waals surface area contributed by atoms with Crippen molar-refractivity contribution in [1.29, 1.82) is 0 Å². The van der Waals surface area contributed by atoms with Gasteiger partial charge in [0.25, 0.3) is 5.91 Å². The van der Waals surface area contributed by atoms with E-state index in [0.717, 1.165) is 0 Å². The van der Waals surface area contributed by atoms with Gasteiger partial charge in [-0.25, -0.2) is 9.59 Å². The lowest BCUT2D eigenvalue weighted by Gasteiger charge is -2.13. The Hall–Kier alpha value is -2.77. The smallest absolute Gasteiger partial charge is 0.339 e. The van der Waals surface area contributed by atoms with E-state index in [0.29, 0.717) is 18.1 Å². The number of esters is 1. The number of methoxy groups -OCH3 is 1. The number of rotatable bonds is 6. The third-order valence-electron chi connectivity index (χ3n) is 2.60. The van der Waals surface area contributed by atoms with Gasteiger partial charge < -0.3 is 19.9 Å². The number of urea groups is 1. The maximum absolute atomic E-state index is 12.0. The molecule has 22 heavy (non-hydrogen) atoms. The van der Waals surface area contributed by atoms with Gasteiger partial charge in [0.05, 0.1) is 19.3 Å². The maximum Gasteiger partial charge on any atom is 0.339 e. The summed E-state index contributed by atoms with van der Waals surface area (Å²) in [7, 11) is 1.44. The number of imide groups is 1. The predicted molar refractivity (Wildman–Crippen MR) is 76.8 cm³/mol. The second-order valence-electron chi connectivity index (χ2n) is 4.20. The van der Waals surface area contributed by atoms with Crippen molar-refractivity contribution in [2.75, 3.05) is 13.7 Å². The molecular weight excluding hydrogens is 292 g/mol. The molecule has 0 aromatic heterocycles. The maximum atomic E-state index is 12.0. The van der Waals surface area contributed by atoms with E-state index >= 15 is 0 Å². The van der Waals surface area contributed by atoms with Gasteiger partial charge >= 0.3 is 12.0 Å². The number of nitrogens with one attached hydrogen (secondary N) is 1. The summed E-state index contributed by atoms with van der Waals surface area (Å²) in [6.45, 7) is 3.59. The molecule has 0 heterocycles. The van der Waals surface area contributed by atoms with Crippen LogP contribution in [0, 0.1) is 0 Å². The molecule has 0 aliphatic carbocycles. The zero-order chi connectivity index (χ0) is 16.7. The molecular formula is C14H18N2O6. The summed E-state index contributed by atoms with van der Waals surface area (Å²) < 4.78 is 15.4. The van der Waals surface area contributed by atoms with E-state index in [1.54, 1.807) is 6.07 Å². The highest BCUT2D eigenvalue weighted by molar-refractivity contribution is 5.98. The first-order valence-electron chi connectivity index (χ1n) is 6.51. The molecule has 0 aliphatic heterocycles. The third kappa shape index (κ3) is 4.65. The van der Waals surface area contributed by atoms with Crippen LogP contribution in [0.3, 0.4) is 0 Å². The molecule has 8 heteroatoms. The van der Waals surface area contributed by atoms with Crippen molar-refractivity contribution in [3.05, 3.63) is 23.8 Å². The van der Waals surface area contributed by atoms with Crippen LogP contribution in [0.2, 0.25) is 0 Å². The van der Waals surface area contributed by atoms with Gasteiger partial charge in [0.2, 0.25) is 0 Å².